The minimum atomic E-state index is -0.321. The van der Waals surface area contributed by atoms with Crippen molar-refractivity contribution in [1.29, 1.82) is 0 Å². The Morgan fingerprint density at radius 1 is 1.44 bits per heavy atom. The Bertz CT molecular complexity index is 784. The minimum absolute atomic E-state index is 0.232. The van der Waals surface area contributed by atoms with E-state index in [9.17, 15) is 9.59 Å². The quantitative estimate of drug-likeness (QED) is 0.489. The van der Waals surface area contributed by atoms with E-state index in [1.165, 1.54) is 7.11 Å². The van der Waals surface area contributed by atoms with Gasteiger partial charge in [0.15, 0.2) is 0 Å². The Morgan fingerprint density at radius 2 is 2.16 bits per heavy atom. The lowest BCUT2D eigenvalue weighted by Gasteiger charge is -2.17. The van der Waals surface area contributed by atoms with Crippen LogP contribution in [-0.4, -0.2) is 26.1 Å². The highest BCUT2D eigenvalue weighted by molar-refractivity contribution is 6.01. The lowest BCUT2D eigenvalue weighted by Crippen LogP contribution is -2.09. The Kier molecular flexibility index (Phi) is 5.87. The molecule has 1 aromatic rings. The standard InChI is InChI=1S/C20H23NO4/c1-6-14-13(3)16-11-25-20(23)18(16)19(21-4)15(14)9-7-12(2)8-10-17(22)24-5/h1,7,21H,8-11H2,2-5H3. The van der Waals surface area contributed by atoms with Gasteiger partial charge in [0, 0.05) is 24.6 Å². The molecule has 5 heteroatoms. The second-order valence-corrected chi connectivity index (χ2v) is 6.01. The van der Waals surface area contributed by atoms with Crippen molar-refractivity contribution in [2.45, 2.75) is 39.7 Å². The van der Waals surface area contributed by atoms with Crippen molar-refractivity contribution >= 4 is 17.6 Å². The molecule has 0 saturated heterocycles. The number of carbonyl (C=O) groups excluding carboxylic acids is 2. The average molecular weight is 341 g/mol. The first-order valence-electron chi connectivity index (χ1n) is 8.16. The number of allylic oxidation sites excluding steroid dienone is 2. The van der Waals surface area contributed by atoms with Gasteiger partial charge in [0.2, 0.25) is 0 Å². The third-order valence-corrected chi connectivity index (χ3v) is 4.53. The number of esters is 2. The molecule has 0 spiro atoms. The number of rotatable bonds is 6. The van der Waals surface area contributed by atoms with Gasteiger partial charge in [-0.25, -0.2) is 4.79 Å². The van der Waals surface area contributed by atoms with E-state index in [1.54, 1.807) is 7.05 Å². The number of fused-ring (bicyclic) bond motifs is 1. The molecular weight excluding hydrogens is 318 g/mol. The average Bonchev–Trinajstić information content (AvgIpc) is 3.00. The van der Waals surface area contributed by atoms with E-state index in [2.05, 4.69) is 16.0 Å². The van der Waals surface area contributed by atoms with Crippen LogP contribution in [0.25, 0.3) is 0 Å². The van der Waals surface area contributed by atoms with Gasteiger partial charge in [-0.05, 0) is 37.8 Å². The van der Waals surface area contributed by atoms with Crippen LogP contribution < -0.4 is 5.32 Å². The van der Waals surface area contributed by atoms with Gasteiger partial charge in [-0.2, -0.15) is 0 Å². The van der Waals surface area contributed by atoms with Crippen molar-refractivity contribution in [3.8, 4) is 12.3 Å². The number of benzene rings is 1. The van der Waals surface area contributed by atoms with Gasteiger partial charge in [-0.3, -0.25) is 4.79 Å². The first-order chi connectivity index (χ1) is 11.9. The first kappa shape index (κ1) is 18.6. The van der Waals surface area contributed by atoms with Crippen molar-refractivity contribution in [2.75, 3.05) is 19.5 Å². The minimum Gasteiger partial charge on any atom is -0.469 e. The summed E-state index contributed by atoms with van der Waals surface area (Å²) in [6.07, 6.45) is 9.31. The lowest BCUT2D eigenvalue weighted by molar-refractivity contribution is -0.140. The number of anilines is 1. The van der Waals surface area contributed by atoms with Gasteiger partial charge >= 0.3 is 11.9 Å². The van der Waals surface area contributed by atoms with E-state index >= 15 is 0 Å². The lowest BCUT2D eigenvalue weighted by atomic mass is 9.89. The highest BCUT2D eigenvalue weighted by Gasteiger charge is 2.30. The monoisotopic (exact) mass is 341 g/mol. The molecule has 0 radical (unpaired) electrons. The van der Waals surface area contributed by atoms with E-state index in [-0.39, 0.29) is 18.5 Å². The molecule has 1 heterocycles. The Balaban J connectivity index is 2.39. The van der Waals surface area contributed by atoms with E-state index in [0.29, 0.717) is 24.8 Å². The maximum atomic E-state index is 12.1. The normalized spacial score (nSPS) is 13.1. The number of nitrogens with one attached hydrogen (secondary N) is 1. The van der Waals surface area contributed by atoms with Crippen molar-refractivity contribution in [2.24, 2.45) is 0 Å². The SMILES string of the molecule is C#Cc1c(C)c2c(c(NC)c1CC=C(C)CCC(=O)OC)C(=O)OC2. The van der Waals surface area contributed by atoms with Gasteiger partial charge < -0.3 is 14.8 Å². The summed E-state index contributed by atoms with van der Waals surface area (Å²) in [5, 5.41) is 3.11. The van der Waals surface area contributed by atoms with Crippen LogP contribution in [0.3, 0.4) is 0 Å². The number of carbonyl (C=O) groups is 2. The number of hydrogen-bond acceptors (Lipinski definition) is 5. The fourth-order valence-corrected chi connectivity index (χ4v) is 3.06. The molecule has 1 aliphatic heterocycles. The molecular formula is C20H23NO4. The number of cyclic esters (lactones) is 1. The van der Waals surface area contributed by atoms with Crippen molar-refractivity contribution in [3.63, 3.8) is 0 Å². The summed E-state index contributed by atoms with van der Waals surface area (Å²) < 4.78 is 9.85. The first-order valence-corrected chi connectivity index (χ1v) is 8.16. The van der Waals surface area contributed by atoms with Gasteiger partial charge in [0.05, 0.1) is 18.4 Å². The molecule has 0 aromatic heterocycles. The van der Waals surface area contributed by atoms with Crippen LogP contribution in [0.1, 0.15) is 52.4 Å². The van der Waals surface area contributed by atoms with Gasteiger partial charge in [0.1, 0.15) is 6.61 Å². The maximum absolute atomic E-state index is 12.1. The molecule has 1 aliphatic rings. The van der Waals surface area contributed by atoms with Gasteiger partial charge in [0.25, 0.3) is 0 Å². The smallest absolute Gasteiger partial charge is 0.341 e. The van der Waals surface area contributed by atoms with Crippen LogP contribution in [0.5, 0.6) is 0 Å². The van der Waals surface area contributed by atoms with Crippen LogP contribution in [0.4, 0.5) is 5.69 Å². The van der Waals surface area contributed by atoms with Gasteiger partial charge in [-0.15, -0.1) is 6.42 Å². The molecule has 0 aliphatic carbocycles. The molecule has 0 unspecified atom stereocenters. The summed E-state index contributed by atoms with van der Waals surface area (Å²) in [4.78, 5) is 23.4. The zero-order valence-corrected chi connectivity index (χ0v) is 15.1. The van der Waals surface area contributed by atoms with E-state index in [4.69, 9.17) is 11.2 Å². The molecule has 2 rings (SSSR count). The second-order valence-electron chi connectivity index (χ2n) is 6.01. The van der Waals surface area contributed by atoms with Crippen molar-refractivity contribution < 1.29 is 19.1 Å². The molecule has 1 N–H and O–H groups in total. The fraction of sp³-hybridized carbons (Fsp3) is 0.400. The summed E-state index contributed by atoms with van der Waals surface area (Å²) >= 11 is 0. The highest BCUT2D eigenvalue weighted by atomic mass is 16.5. The molecule has 25 heavy (non-hydrogen) atoms. The van der Waals surface area contributed by atoms with Crippen LogP contribution in [-0.2, 0) is 27.3 Å². The summed E-state index contributed by atoms with van der Waals surface area (Å²) in [6.45, 7) is 4.15. The largest absolute Gasteiger partial charge is 0.469 e. The topological polar surface area (TPSA) is 64.6 Å². The zero-order chi connectivity index (χ0) is 18.6. The summed E-state index contributed by atoms with van der Waals surface area (Å²) in [5.74, 6) is 2.20. The van der Waals surface area contributed by atoms with E-state index < -0.39 is 0 Å². The zero-order valence-electron chi connectivity index (χ0n) is 15.1. The van der Waals surface area contributed by atoms with E-state index in [0.717, 1.165) is 33.5 Å². The third kappa shape index (κ3) is 3.69. The van der Waals surface area contributed by atoms with Crippen LogP contribution in [0.15, 0.2) is 11.6 Å². The molecule has 0 atom stereocenters. The van der Waals surface area contributed by atoms with E-state index in [1.807, 2.05) is 19.9 Å². The number of ether oxygens (including phenoxy) is 2. The van der Waals surface area contributed by atoms with Crippen LogP contribution >= 0.6 is 0 Å². The fourth-order valence-electron chi connectivity index (χ4n) is 3.06. The Hall–Kier alpha value is -2.74. The van der Waals surface area contributed by atoms with Crippen LogP contribution in [0.2, 0.25) is 0 Å². The number of methoxy groups -OCH3 is 1. The highest BCUT2D eigenvalue weighted by Crippen LogP contribution is 2.36. The summed E-state index contributed by atoms with van der Waals surface area (Å²) in [5.41, 5.74) is 5.84. The number of terminal acetylenes is 1. The summed E-state index contributed by atoms with van der Waals surface area (Å²) in [7, 11) is 3.15. The molecule has 1 aromatic carbocycles. The maximum Gasteiger partial charge on any atom is 0.341 e. The molecule has 0 amide bonds. The number of hydrogen-bond donors (Lipinski definition) is 1. The van der Waals surface area contributed by atoms with Gasteiger partial charge in [-0.1, -0.05) is 17.6 Å². The molecule has 0 bridgehead atoms. The molecule has 0 fully saturated rings. The summed E-state index contributed by atoms with van der Waals surface area (Å²) in [6, 6.07) is 0. The second kappa shape index (κ2) is 7.89. The van der Waals surface area contributed by atoms with Crippen molar-refractivity contribution in [1.82, 2.24) is 0 Å². The Labute approximate surface area is 148 Å². The van der Waals surface area contributed by atoms with Crippen molar-refractivity contribution in [3.05, 3.63) is 39.5 Å². The predicted octanol–water partition coefficient (Wildman–Crippen LogP) is 3.13. The molecule has 0 saturated carbocycles. The molecule has 5 nitrogen and oxygen atoms in total. The third-order valence-electron chi connectivity index (χ3n) is 4.53. The van der Waals surface area contributed by atoms with Crippen LogP contribution in [0, 0.1) is 19.3 Å². The Morgan fingerprint density at radius 3 is 2.76 bits per heavy atom. The molecule has 132 valence electrons. The predicted molar refractivity (Wildman–Crippen MR) is 96.5 cm³/mol.